The van der Waals surface area contributed by atoms with Crippen LogP contribution in [0.4, 0.5) is 0 Å². The van der Waals surface area contributed by atoms with Gasteiger partial charge in [0.15, 0.2) is 0 Å². The summed E-state index contributed by atoms with van der Waals surface area (Å²) in [5.74, 6) is 5.83. The van der Waals surface area contributed by atoms with Crippen LogP contribution in [0.15, 0.2) is 89.4 Å². The highest BCUT2D eigenvalue weighted by molar-refractivity contribution is 8.09. The molecule has 0 spiro atoms. The van der Waals surface area contributed by atoms with Crippen LogP contribution in [0.5, 0.6) is 5.95 Å². The number of hydrogen-bond acceptors (Lipinski definition) is 16. The van der Waals surface area contributed by atoms with E-state index in [9.17, 15) is 14.4 Å². The van der Waals surface area contributed by atoms with Gasteiger partial charge in [-0.2, -0.15) is 23.7 Å². The zero-order valence-electron chi connectivity index (χ0n) is 32.2. The standard InChI is InChI=1S/C5H8N2O.C5H6O2.2C4H6N2O.C4H5NO2.C4H5NOS.C3H5N3.C3H6N2OS/c1-4-3-5(8)6-7(4)2;1-4-2-3-7-5(4)6;1-4-2-5-3-6(4)7;1-4-2-3-5-6(4)7;2*1-3-2-4(6)5-7-3;1-3-4-2-5-6-3;1-3-4-6-7(2)5-3/h3H,1-2H3,(H,6,8);2-3,6H,1H3;2*2-3,7H,1H3;2*2H,1H3,(H,5,6);2H,1H3,(H,4,5,6);2H2,1H3,(H,4,5). The van der Waals surface area contributed by atoms with Crippen LogP contribution in [0, 0.1) is 48.5 Å². The van der Waals surface area contributed by atoms with Crippen LogP contribution < -0.4 is 22.2 Å². The van der Waals surface area contributed by atoms with Crippen LogP contribution in [-0.2, 0) is 11.3 Å². The number of aromatic nitrogens is 11. The molecule has 24 heteroatoms. The molecular weight excluding hydrogens is 775 g/mol. The molecule has 8 heterocycles. The van der Waals surface area contributed by atoms with E-state index in [-0.39, 0.29) is 22.6 Å². The second-order valence-electron chi connectivity index (χ2n) is 10.9. The van der Waals surface area contributed by atoms with Gasteiger partial charge >= 0.3 is 0 Å². The maximum Gasteiger partial charge on any atom is 0.284 e. The third kappa shape index (κ3) is 21.1. The summed E-state index contributed by atoms with van der Waals surface area (Å²) in [5, 5.41) is 40.2. The Morgan fingerprint density at radius 3 is 1.77 bits per heavy atom. The van der Waals surface area contributed by atoms with E-state index in [2.05, 4.69) is 64.6 Å². The fraction of sp³-hybridized carbons (Fsp3) is 0.281. The second-order valence-corrected chi connectivity index (χ2v) is 12.9. The third-order valence-electron chi connectivity index (χ3n) is 5.94. The number of amidine groups is 1. The molecule has 0 fully saturated rings. The van der Waals surface area contributed by atoms with Gasteiger partial charge in [-0.05, 0) is 73.4 Å². The van der Waals surface area contributed by atoms with E-state index < -0.39 is 11.0 Å². The molecule has 0 aliphatic carbocycles. The fourth-order valence-corrected chi connectivity index (χ4v) is 4.05. The van der Waals surface area contributed by atoms with Crippen molar-refractivity contribution in [2.24, 2.45) is 11.4 Å². The number of aromatic hydroxyl groups is 1. The molecule has 1 aliphatic heterocycles. The fourth-order valence-electron chi connectivity index (χ4n) is 2.97. The highest BCUT2D eigenvalue weighted by atomic mass is 32.2. The van der Waals surface area contributed by atoms with Gasteiger partial charge in [0.1, 0.15) is 30.1 Å². The zero-order valence-corrected chi connectivity index (χ0v) is 33.8. The normalized spacial score (nSPS) is 11.8. The van der Waals surface area contributed by atoms with Crippen LogP contribution in [0.1, 0.15) is 46.0 Å². The van der Waals surface area contributed by atoms with E-state index in [0.29, 0.717) is 5.76 Å². The Morgan fingerprint density at radius 1 is 0.911 bits per heavy atom. The number of imidazole rings is 1. The zero-order chi connectivity index (χ0) is 42.2. The van der Waals surface area contributed by atoms with Crippen molar-refractivity contribution >= 4 is 34.2 Å². The first-order valence-electron chi connectivity index (χ1n) is 15.9. The number of H-pyrrole nitrogens is 4. The summed E-state index contributed by atoms with van der Waals surface area (Å²) >= 11 is 1.37. The minimum Gasteiger partial charge on any atom is -0.481 e. The Balaban J connectivity index is 0.000000320. The summed E-state index contributed by atoms with van der Waals surface area (Å²) < 4.78 is 22.9. The van der Waals surface area contributed by atoms with E-state index in [0.717, 1.165) is 48.8 Å². The van der Waals surface area contributed by atoms with Crippen molar-refractivity contribution < 1.29 is 28.7 Å². The van der Waals surface area contributed by atoms with Crippen molar-refractivity contribution in [1.29, 1.82) is 0 Å². The lowest BCUT2D eigenvalue weighted by molar-refractivity contribution is 0.142. The van der Waals surface area contributed by atoms with E-state index in [1.807, 2.05) is 27.7 Å². The molecule has 1 unspecified atom stereocenters. The van der Waals surface area contributed by atoms with Crippen molar-refractivity contribution in [3.05, 3.63) is 132 Å². The minimum atomic E-state index is -0.476. The van der Waals surface area contributed by atoms with Gasteiger partial charge in [0.05, 0.1) is 41.0 Å². The van der Waals surface area contributed by atoms with Gasteiger partial charge in [0.25, 0.3) is 22.6 Å². The predicted molar refractivity (Wildman–Crippen MR) is 211 cm³/mol. The molecule has 0 radical (unpaired) electrons. The minimum absolute atomic E-state index is 0.00231. The lowest BCUT2D eigenvalue weighted by Crippen LogP contribution is -2.10. The Bertz CT molecular complexity index is 2110. The first-order chi connectivity index (χ1) is 26.4. The number of hydrogen-bond donors (Lipinski definition) is 8. The van der Waals surface area contributed by atoms with Crippen molar-refractivity contribution in [1.82, 2.24) is 59.6 Å². The van der Waals surface area contributed by atoms with Crippen molar-refractivity contribution in [3.63, 3.8) is 0 Å². The molecular formula is C32H47N13O9S2. The van der Waals surface area contributed by atoms with Gasteiger partial charge in [0, 0.05) is 41.4 Å². The SMILES string of the molecule is C=S1N=C(C)NO1.Cc1cc(=O)[nH]n1C.Cc1cc(=O)[nH]o1.Cc1cc(=O)[nH]s1.Cc1ccnn1O.Cc1ccoc1O.Cc1cncn1O.Cc1ncn[nH]1. The Morgan fingerprint density at radius 2 is 1.62 bits per heavy atom. The van der Waals surface area contributed by atoms with Gasteiger partial charge < -0.3 is 24.5 Å². The summed E-state index contributed by atoms with van der Waals surface area (Å²) in [6.07, 6.45) is 7.39. The lowest BCUT2D eigenvalue weighted by atomic mass is 10.4. The number of rotatable bonds is 0. The number of nitrogens with zero attached hydrogens (tertiary/aromatic N) is 8. The van der Waals surface area contributed by atoms with Crippen LogP contribution in [0.3, 0.4) is 0 Å². The van der Waals surface area contributed by atoms with Crippen LogP contribution in [-0.4, -0.2) is 81.4 Å². The molecule has 7 aromatic rings. The maximum atomic E-state index is 10.4. The highest BCUT2D eigenvalue weighted by Crippen LogP contribution is 2.15. The number of furan rings is 1. The first kappa shape index (κ1) is 47.4. The van der Waals surface area contributed by atoms with E-state index in [1.54, 1.807) is 69.9 Å². The predicted octanol–water partition coefficient (Wildman–Crippen LogP) is 3.78. The quantitative estimate of drug-likeness (QED) is 0.0798. The molecule has 56 heavy (non-hydrogen) atoms. The van der Waals surface area contributed by atoms with Gasteiger partial charge in [0.2, 0.25) is 0 Å². The monoisotopic (exact) mass is 821 g/mol. The van der Waals surface area contributed by atoms with Crippen molar-refractivity contribution in [3.8, 4) is 5.95 Å². The van der Waals surface area contributed by atoms with E-state index in [1.165, 1.54) is 42.7 Å². The average Bonchev–Trinajstić information content (AvgIpc) is 4.03. The molecule has 7 aromatic heterocycles. The van der Waals surface area contributed by atoms with Crippen molar-refractivity contribution in [2.45, 2.75) is 55.4 Å². The molecule has 0 amide bonds. The summed E-state index contributed by atoms with van der Waals surface area (Å²) in [4.78, 5) is 40.1. The molecule has 8 rings (SSSR count). The van der Waals surface area contributed by atoms with Gasteiger partial charge in [-0.1, -0.05) is 11.5 Å². The molecule has 0 saturated heterocycles. The largest absolute Gasteiger partial charge is 0.481 e. The van der Waals surface area contributed by atoms with Crippen molar-refractivity contribution in [2.75, 3.05) is 0 Å². The van der Waals surface area contributed by atoms with E-state index in [4.69, 9.17) is 19.8 Å². The van der Waals surface area contributed by atoms with Gasteiger partial charge in [-0.25, -0.2) is 15.4 Å². The first-order valence-corrected chi connectivity index (χ1v) is 18.0. The molecule has 8 N–H and O–H groups in total. The summed E-state index contributed by atoms with van der Waals surface area (Å²) in [5.41, 5.74) is 5.58. The molecule has 306 valence electrons. The van der Waals surface area contributed by atoms with E-state index >= 15 is 0 Å². The van der Waals surface area contributed by atoms with Gasteiger partial charge in [-0.3, -0.25) is 33.6 Å². The van der Waals surface area contributed by atoms with Gasteiger partial charge in [-0.15, -0.1) is 9.94 Å². The number of nitrogens with one attached hydrogen (secondary N) is 5. The Hall–Kier alpha value is -6.66. The molecule has 0 aromatic carbocycles. The number of aromatic amines is 4. The lowest BCUT2D eigenvalue weighted by Gasteiger charge is -1.89. The highest BCUT2D eigenvalue weighted by Gasteiger charge is 1.99. The summed E-state index contributed by atoms with van der Waals surface area (Å²) in [6, 6.07) is 7.94. The van der Waals surface area contributed by atoms with Crippen LogP contribution in [0.25, 0.3) is 0 Å². The Labute approximate surface area is 326 Å². The topological polar surface area (TPSA) is 301 Å². The Kier molecular flexibility index (Phi) is 21.5. The molecule has 22 nitrogen and oxygen atoms in total. The van der Waals surface area contributed by atoms with Crippen LogP contribution in [0.2, 0.25) is 0 Å². The molecule has 1 aliphatic rings. The maximum absolute atomic E-state index is 10.4. The van der Waals surface area contributed by atoms with Crippen LogP contribution >= 0.6 is 22.5 Å². The molecule has 0 bridgehead atoms. The smallest absolute Gasteiger partial charge is 0.284 e. The molecule has 0 saturated carbocycles. The molecule has 1 atom stereocenters. The number of hydroxylamine groups is 1. The summed E-state index contributed by atoms with van der Waals surface area (Å²) in [7, 11) is 1.33. The average molecular weight is 822 g/mol. The summed E-state index contributed by atoms with van der Waals surface area (Å²) in [6.45, 7) is 14.5. The second kappa shape index (κ2) is 25.4. The third-order valence-corrected chi connectivity index (χ3v) is 7.44. The number of aryl methyl sites for hydroxylation is 8.